The number of carbonyl (C=O) groups excluding carboxylic acids is 1. The monoisotopic (exact) mass is 222 g/mol. The van der Waals surface area contributed by atoms with Gasteiger partial charge in [0.25, 0.3) is 0 Å². The van der Waals surface area contributed by atoms with Crippen molar-refractivity contribution in [3.05, 3.63) is 17.8 Å². The summed E-state index contributed by atoms with van der Waals surface area (Å²) >= 11 is 1.55. The third-order valence-electron chi connectivity index (χ3n) is 1.94. The molecule has 0 bridgehead atoms. The van der Waals surface area contributed by atoms with Crippen LogP contribution in [0.25, 0.3) is 10.2 Å². The van der Waals surface area contributed by atoms with Gasteiger partial charge in [0.1, 0.15) is 12.1 Å². The summed E-state index contributed by atoms with van der Waals surface area (Å²) in [7, 11) is 1.60. The van der Waals surface area contributed by atoms with Crippen molar-refractivity contribution < 1.29 is 4.79 Å². The first-order valence-corrected chi connectivity index (χ1v) is 5.32. The van der Waals surface area contributed by atoms with Crippen molar-refractivity contribution in [3.8, 4) is 0 Å². The molecule has 1 amide bonds. The van der Waals surface area contributed by atoms with Crippen LogP contribution in [0.3, 0.4) is 0 Å². The highest BCUT2D eigenvalue weighted by Crippen LogP contribution is 2.24. The molecule has 0 fully saturated rings. The maximum Gasteiger partial charge on any atom is 0.239 e. The van der Waals surface area contributed by atoms with Crippen molar-refractivity contribution in [2.24, 2.45) is 0 Å². The standard InChI is InChI=1S/C9H10N4OS/c1-10-7(14)4-11-9-8-6(2-3-15-8)12-5-13-9/h2-3,5H,4H2,1H3,(H,10,14)(H,11,12,13). The normalized spacial score (nSPS) is 10.2. The molecule has 0 spiro atoms. The number of nitrogens with one attached hydrogen (secondary N) is 2. The van der Waals surface area contributed by atoms with Crippen LogP contribution in [0, 0.1) is 0 Å². The van der Waals surface area contributed by atoms with Crippen LogP contribution in [0.4, 0.5) is 5.82 Å². The molecule has 0 radical (unpaired) electrons. The van der Waals surface area contributed by atoms with Crippen LogP contribution >= 0.6 is 11.3 Å². The van der Waals surface area contributed by atoms with E-state index < -0.39 is 0 Å². The average Bonchev–Trinajstić information content (AvgIpc) is 2.74. The summed E-state index contributed by atoms with van der Waals surface area (Å²) in [5, 5.41) is 7.46. The largest absolute Gasteiger partial charge is 0.360 e. The lowest BCUT2D eigenvalue weighted by Crippen LogP contribution is -2.26. The molecule has 0 aliphatic carbocycles. The van der Waals surface area contributed by atoms with Gasteiger partial charge in [0.2, 0.25) is 5.91 Å². The maximum absolute atomic E-state index is 11.0. The summed E-state index contributed by atoms with van der Waals surface area (Å²) in [6.45, 7) is 0.223. The molecule has 78 valence electrons. The van der Waals surface area contributed by atoms with E-state index in [1.54, 1.807) is 18.4 Å². The lowest BCUT2D eigenvalue weighted by molar-refractivity contribution is -0.118. The Hall–Kier alpha value is -1.69. The fourth-order valence-corrected chi connectivity index (χ4v) is 1.98. The van der Waals surface area contributed by atoms with Crippen LogP contribution in [-0.4, -0.2) is 29.5 Å². The van der Waals surface area contributed by atoms with Gasteiger partial charge in [-0.3, -0.25) is 4.79 Å². The number of hydrogen-bond acceptors (Lipinski definition) is 5. The zero-order chi connectivity index (χ0) is 10.7. The summed E-state index contributed by atoms with van der Waals surface area (Å²) in [5.74, 6) is 0.636. The highest BCUT2D eigenvalue weighted by atomic mass is 32.1. The Morgan fingerprint density at radius 3 is 3.20 bits per heavy atom. The summed E-state index contributed by atoms with van der Waals surface area (Å²) in [4.78, 5) is 19.2. The summed E-state index contributed by atoms with van der Waals surface area (Å²) in [6.07, 6.45) is 1.49. The van der Waals surface area contributed by atoms with E-state index in [1.807, 2.05) is 11.4 Å². The van der Waals surface area contributed by atoms with Crippen molar-refractivity contribution in [1.82, 2.24) is 15.3 Å². The van der Waals surface area contributed by atoms with Crippen LogP contribution < -0.4 is 10.6 Å². The number of nitrogens with zero attached hydrogens (tertiary/aromatic N) is 2. The van der Waals surface area contributed by atoms with Gasteiger partial charge >= 0.3 is 0 Å². The van der Waals surface area contributed by atoms with Crippen molar-refractivity contribution in [2.45, 2.75) is 0 Å². The molecular weight excluding hydrogens is 212 g/mol. The molecule has 2 aromatic rings. The first-order chi connectivity index (χ1) is 7.31. The van der Waals surface area contributed by atoms with Crippen LogP contribution in [0.1, 0.15) is 0 Å². The van der Waals surface area contributed by atoms with Gasteiger partial charge in [-0.05, 0) is 11.4 Å². The van der Waals surface area contributed by atoms with Crippen LogP contribution in [-0.2, 0) is 4.79 Å². The van der Waals surface area contributed by atoms with E-state index in [1.165, 1.54) is 6.33 Å². The van der Waals surface area contributed by atoms with E-state index in [4.69, 9.17) is 0 Å². The molecule has 2 N–H and O–H groups in total. The molecule has 2 heterocycles. The highest BCUT2D eigenvalue weighted by Gasteiger charge is 2.05. The van der Waals surface area contributed by atoms with Crippen molar-refractivity contribution in [2.75, 3.05) is 18.9 Å². The van der Waals surface area contributed by atoms with Gasteiger partial charge in [-0.15, -0.1) is 11.3 Å². The third kappa shape index (κ3) is 2.04. The molecule has 15 heavy (non-hydrogen) atoms. The first-order valence-electron chi connectivity index (χ1n) is 4.44. The minimum absolute atomic E-state index is 0.0710. The molecule has 5 nitrogen and oxygen atoms in total. The zero-order valence-corrected chi connectivity index (χ0v) is 8.97. The number of aromatic nitrogens is 2. The second-order valence-corrected chi connectivity index (χ2v) is 3.80. The van der Waals surface area contributed by atoms with Crippen molar-refractivity contribution >= 4 is 33.3 Å². The van der Waals surface area contributed by atoms with E-state index in [9.17, 15) is 4.79 Å². The number of rotatable bonds is 3. The minimum atomic E-state index is -0.0710. The van der Waals surface area contributed by atoms with Gasteiger partial charge in [-0.2, -0.15) is 0 Å². The molecule has 6 heteroatoms. The second-order valence-electron chi connectivity index (χ2n) is 2.88. The van der Waals surface area contributed by atoms with Gasteiger partial charge in [0.05, 0.1) is 16.8 Å². The first kappa shape index (κ1) is 9.85. The lowest BCUT2D eigenvalue weighted by Gasteiger charge is -2.04. The number of likely N-dealkylation sites (N-methyl/N-ethyl adjacent to an activating group) is 1. The smallest absolute Gasteiger partial charge is 0.239 e. The Kier molecular flexibility index (Phi) is 2.77. The zero-order valence-electron chi connectivity index (χ0n) is 8.15. The van der Waals surface area contributed by atoms with Crippen molar-refractivity contribution in [3.63, 3.8) is 0 Å². The summed E-state index contributed by atoms with van der Waals surface area (Å²) in [6, 6.07) is 1.92. The number of hydrogen-bond donors (Lipinski definition) is 2. The molecule has 0 saturated carbocycles. The third-order valence-corrected chi connectivity index (χ3v) is 2.85. The van der Waals surface area contributed by atoms with E-state index >= 15 is 0 Å². The average molecular weight is 222 g/mol. The summed E-state index contributed by atoms with van der Waals surface area (Å²) < 4.78 is 0.974. The molecule has 0 saturated heterocycles. The number of carbonyl (C=O) groups is 1. The summed E-state index contributed by atoms with van der Waals surface area (Å²) in [5.41, 5.74) is 0.898. The molecule has 2 rings (SSSR count). The Morgan fingerprint density at radius 1 is 1.53 bits per heavy atom. The van der Waals surface area contributed by atoms with E-state index in [0.29, 0.717) is 5.82 Å². The number of amides is 1. The minimum Gasteiger partial charge on any atom is -0.360 e. The molecule has 0 aromatic carbocycles. The SMILES string of the molecule is CNC(=O)CNc1ncnc2ccsc12. The Bertz CT molecular complexity index is 482. The molecule has 0 aliphatic heterocycles. The van der Waals surface area contributed by atoms with Crippen molar-refractivity contribution in [1.29, 1.82) is 0 Å². The van der Waals surface area contributed by atoms with Crippen LogP contribution in [0.15, 0.2) is 17.8 Å². The van der Waals surface area contributed by atoms with Gasteiger partial charge in [0, 0.05) is 7.05 Å². The molecule has 0 atom stereocenters. The topological polar surface area (TPSA) is 66.9 Å². The van der Waals surface area contributed by atoms with E-state index in [-0.39, 0.29) is 12.5 Å². The van der Waals surface area contributed by atoms with Gasteiger partial charge in [-0.25, -0.2) is 9.97 Å². The van der Waals surface area contributed by atoms with E-state index in [2.05, 4.69) is 20.6 Å². The van der Waals surface area contributed by atoms with Gasteiger partial charge in [-0.1, -0.05) is 0 Å². The molecular formula is C9H10N4OS. The predicted molar refractivity (Wildman–Crippen MR) is 60.0 cm³/mol. The Balaban J connectivity index is 2.20. The number of anilines is 1. The highest BCUT2D eigenvalue weighted by molar-refractivity contribution is 7.17. The predicted octanol–water partition coefficient (Wildman–Crippen LogP) is 0.849. The molecule has 0 unspecified atom stereocenters. The van der Waals surface area contributed by atoms with Gasteiger partial charge in [0.15, 0.2) is 0 Å². The fourth-order valence-electron chi connectivity index (χ4n) is 1.17. The Labute approximate surface area is 90.5 Å². The van der Waals surface area contributed by atoms with Crippen LogP contribution in [0.5, 0.6) is 0 Å². The molecule has 0 aliphatic rings. The Morgan fingerprint density at radius 2 is 2.40 bits per heavy atom. The lowest BCUT2D eigenvalue weighted by atomic mass is 10.4. The maximum atomic E-state index is 11.0. The fraction of sp³-hybridized carbons (Fsp3) is 0.222. The number of thiophene rings is 1. The van der Waals surface area contributed by atoms with E-state index in [0.717, 1.165) is 10.2 Å². The quantitative estimate of drug-likeness (QED) is 0.808. The number of fused-ring (bicyclic) bond motifs is 1. The second kappa shape index (κ2) is 4.22. The van der Waals surface area contributed by atoms with Crippen LogP contribution in [0.2, 0.25) is 0 Å². The molecule has 2 aromatic heterocycles. The van der Waals surface area contributed by atoms with Gasteiger partial charge < -0.3 is 10.6 Å².